The average molecular weight is 236 g/mol. The molecule has 0 amide bonds. The molecule has 1 saturated carbocycles. The standard InChI is InChI=1S/C7H7F3N4O2/c8-7(9,10)6(1-2-6)12-3-4(15)11-5(16)14-13-3/h1-2H2,(H,12,13)(H2,11,14,15,16). The fourth-order valence-electron chi connectivity index (χ4n) is 1.26. The maximum Gasteiger partial charge on any atom is 0.411 e. The van der Waals surface area contributed by atoms with Gasteiger partial charge in [0.05, 0.1) is 0 Å². The molecule has 0 saturated heterocycles. The van der Waals surface area contributed by atoms with Gasteiger partial charge in [0.2, 0.25) is 5.82 Å². The maximum absolute atomic E-state index is 12.5. The zero-order valence-corrected chi connectivity index (χ0v) is 7.81. The van der Waals surface area contributed by atoms with Crippen LogP contribution >= 0.6 is 0 Å². The number of rotatable bonds is 2. The molecular weight excluding hydrogens is 229 g/mol. The van der Waals surface area contributed by atoms with E-state index in [1.807, 2.05) is 10.4 Å². The van der Waals surface area contributed by atoms with Crippen LogP contribution in [0.5, 0.6) is 0 Å². The van der Waals surface area contributed by atoms with E-state index < -0.39 is 28.8 Å². The van der Waals surface area contributed by atoms with Gasteiger partial charge in [-0.2, -0.15) is 13.2 Å². The summed E-state index contributed by atoms with van der Waals surface area (Å²) in [7, 11) is 0. The Morgan fingerprint density at radius 3 is 2.38 bits per heavy atom. The van der Waals surface area contributed by atoms with Gasteiger partial charge in [-0.05, 0) is 12.8 Å². The van der Waals surface area contributed by atoms with Crippen molar-refractivity contribution in [3.63, 3.8) is 0 Å². The number of nitrogens with zero attached hydrogens (tertiary/aromatic N) is 1. The van der Waals surface area contributed by atoms with Gasteiger partial charge in [0.1, 0.15) is 5.54 Å². The SMILES string of the molecule is O=c1[nH]nc(NC2(C(F)(F)F)CC2)c(=O)[nH]1. The molecule has 0 spiro atoms. The number of hydrogen-bond donors (Lipinski definition) is 3. The van der Waals surface area contributed by atoms with Gasteiger partial charge in [-0.3, -0.25) is 9.78 Å². The summed E-state index contributed by atoms with van der Waals surface area (Å²) in [5.41, 5.74) is -3.92. The number of anilines is 1. The Hall–Kier alpha value is -1.80. The van der Waals surface area contributed by atoms with E-state index in [-0.39, 0.29) is 12.8 Å². The summed E-state index contributed by atoms with van der Waals surface area (Å²) >= 11 is 0. The van der Waals surface area contributed by atoms with E-state index in [9.17, 15) is 22.8 Å². The molecule has 1 fully saturated rings. The summed E-state index contributed by atoms with van der Waals surface area (Å²) in [5.74, 6) is -0.533. The molecule has 9 heteroatoms. The fourth-order valence-corrected chi connectivity index (χ4v) is 1.26. The topological polar surface area (TPSA) is 90.6 Å². The summed E-state index contributed by atoms with van der Waals surface area (Å²) in [6.45, 7) is 0. The van der Waals surface area contributed by atoms with Crippen LogP contribution in [0.25, 0.3) is 0 Å². The van der Waals surface area contributed by atoms with Crippen molar-refractivity contribution in [2.24, 2.45) is 0 Å². The Labute approximate surface area is 85.9 Å². The minimum atomic E-state index is -4.45. The Kier molecular flexibility index (Phi) is 2.07. The molecule has 0 aliphatic heterocycles. The second-order valence-corrected chi connectivity index (χ2v) is 3.56. The van der Waals surface area contributed by atoms with Crippen molar-refractivity contribution in [1.29, 1.82) is 0 Å². The molecule has 0 radical (unpaired) electrons. The molecule has 2 rings (SSSR count). The van der Waals surface area contributed by atoms with Gasteiger partial charge in [-0.25, -0.2) is 9.89 Å². The molecule has 16 heavy (non-hydrogen) atoms. The lowest BCUT2D eigenvalue weighted by Crippen LogP contribution is -2.41. The van der Waals surface area contributed by atoms with Gasteiger partial charge in [-0.1, -0.05) is 0 Å². The van der Waals surface area contributed by atoms with Crippen LogP contribution in [0, 0.1) is 0 Å². The van der Waals surface area contributed by atoms with Crippen molar-refractivity contribution in [3.8, 4) is 0 Å². The Morgan fingerprint density at radius 2 is 1.94 bits per heavy atom. The van der Waals surface area contributed by atoms with E-state index in [4.69, 9.17) is 0 Å². The molecule has 1 aliphatic carbocycles. The first-order chi connectivity index (χ1) is 7.34. The molecule has 3 N–H and O–H groups in total. The van der Waals surface area contributed by atoms with E-state index in [1.54, 1.807) is 4.98 Å². The summed E-state index contributed by atoms with van der Waals surface area (Å²) in [6, 6.07) is 0. The summed E-state index contributed by atoms with van der Waals surface area (Å²) < 4.78 is 37.6. The first-order valence-corrected chi connectivity index (χ1v) is 4.38. The summed E-state index contributed by atoms with van der Waals surface area (Å²) in [4.78, 5) is 23.5. The van der Waals surface area contributed by atoms with Gasteiger partial charge in [-0.15, -0.1) is 5.10 Å². The van der Waals surface area contributed by atoms with E-state index in [0.29, 0.717) is 0 Å². The van der Waals surface area contributed by atoms with Gasteiger partial charge >= 0.3 is 11.9 Å². The van der Waals surface area contributed by atoms with Crippen molar-refractivity contribution in [2.45, 2.75) is 24.6 Å². The summed E-state index contributed by atoms with van der Waals surface area (Å²) in [5, 5.41) is 7.09. The Balaban J connectivity index is 2.29. The quantitative estimate of drug-likeness (QED) is 0.672. The predicted molar refractivity (Wildman–Crippen MR) is 47.1 cm³/mol. The lowest BCUT2D eigenvalue weighted by atomic mass is 10.2. The Morgan fingerprint density at radius 1 is 1.31 bits per heavy atom. The van der Waals surface area contributed by atoms with Crippen LogP contribution in [-0.2, 0) is 0 Å². The highest BCUT2D eigenvalue weighted by atomic mass is 19.4. The van der Waals surface area contributed by atoms with Gasteiger partial charge in [0.25, 0.3) is 5.56 Å². The normalized spacial score (nSPS) is 18.2. The van der Waals surface area contributed by atoms with E-state index >= 15 is 0 Å². The molecular formula is C7H7F3N4O2. The molecule has 0 aromatic carbocycles. The van der Waals surface area contributed by atoms with Gasteiger partial charge in [0, 0.05) is 0 Å². The zero-order chi connectivity index (χ0) is 12.0. The fraction of sp³-hybridized carbons (Fsp3) is 0.571. The number of hydrogen-bond acceptors (Lipinski definition) is 4. The lowest BCUT2D eigenvalue weighted by Gasteiger charge is -2.20. The highest BCUT2D eigenvalue weighted by Gasteiger charge is 2.64. The van der Waals surface area contributed by atoms with Crippen LogP contribution in [0.2, 0.25) is 0 Å². The molecule has 0 atom stereocenters. The number of nitrogens with one attached hydrogen (secondary N) is 3. The zero-order valence-electron chi connectivity index (χ0n) is 7.81. The average Bonchev–Trinajstić information content (AvgIpc) is 2.90. The second-order valence-electron chi connectivity index (χ2n) is 3.56. The van der Waals surface area contributed by atoms with Crippen molar-refractivity contribution in [3.05, 3.63) is 20.8 Å². The number of halogens is 3. The molecule has 88 valence electrons. The molecule has 6 nitrogen and oxygen atoms in total. The van der Waals surface area contributed by atoms with Crippen molar-refractivity contribution in [2.75, 3.05) is 5.32 Å². The third-order valence-corrected chi connectivity index (χ3v) is 2.36. The van der Waals surface area contributed by atoms with Crippen LogP contribution in [0.15, 0.2) is 9.59 Å². The molecule has 0 bridgehead atoms. The maximum atomic E-state index is 12.5. The van der Waals surface area contributed by atoms with Gasteiger partial charge in [0.15, 0.2) is 0 Å². The molecule has 1 aromatic rings. The van der Waals surface area contributed by atoms with Crippen LogP contribution in [0.3, 0.4) is 0 Å². The van der Waals surface area contributed by atoms with Crippen molar-refractivity contribution < 1.29 is 13.2 Å². The number of aromatic nitrogens is 3. The summed E-state index contributed by atoms with van der Waals surface area (Å²) in [6.07, 6.45) is -4.68. The molecule has 1 aliphatic rings. The van der Waals surface area contributed by atoms with Crippen LogP contribution in [0.4, 0.5) is 19.0 Å². The van der Waals surface area contributed by atoms with Crippen molar-refractivity contribution in [1.82, 2.24) is 15.2 Å². The lowest BCUT2D eigenvalue weighted by molar-refractivity contribution is -0.151. The van der Waals surface area contributed by atoms with E-state index in [0.717, 1.165) is 0 Å². The predicted octanol–water partition coefficient (Wildman–Crippen LogP) is -0.0350. The smallest absolute Gasteiger partial charge is 0.350 e. The molecule has 0 unspecified atom stereocenters. The van der Waals surface area contributed by atoms with Crippen LogP contribution in [0.1, 0.15) is 12.8 Å². The van der Waals surface area contributed by atoms with Crippen LogP contribution < -0.4 is 16.6 Å². The Bertz CT molecular complexity index is 513. The number of aromatic amines is 2. The highest BCUT2D eigenvalue weighted by molar-refractivity contribution is 5.38. The number of H-pyrrole nitrogens is 2. The second kappa shape index (κ2) is 3.09. The molecule has 1 heterocycles. The monoisotopic (exact) mass is 236 g/mol. The van der Waals surface area contributed by atoms with Gasteiger partial charge < -0.3 is 5.32 Å². The third-order valence-electron chi connectivity index (χ3n) is 2.36. The first kappa shape index (κ1) is 10.7. The minimum Gasteiger partial charge on any atom is -0.350 e. The third kappa shape index (κ3) is 1.68. The number of alkyl halides is 3. The van der Waals surface area contributed by atoms with Crippen LogP contribution in [-0.4, -0.2) is 26.9 Å². The first-order valence-electron chi connectivity index (χ1n) is 4.38. The molecule has 1 aromatic heterocycles. The van der Waals surface area contributed by atoms with E-state index in [2.05, 4.69) is 5.10 Å². The largest absolute Gasteiger partial charge is 0.411 e. The van der Waals surface area contributed by atoms with Crippen molar-refractivity contribution >= 4 is 5.82 Å². The minimum absolute atomic E-state index is 0.114. The highest BCUT2D eigenvalue weighted by Crippen LogP contribution is 2.50. The van der Waals surface area contributed by atoms with E-state index in [1.165, 1.54) is 0 Å².